The molecule has 0 spiro atoms. The molecule has 0 fully saturated rings. The molecule has 25 heavy (non-hydrogen) atoms. The van der Waals surface area contributed by atoms with Gasteiger partial charge in [-0.05, 0) is 41.3 Å². The summed E-state index contributed by atoms with van der Waals surface area (Å²) in [5.74, 6) is 12.2. The third kappa shape index (κ3) is 4.75. The SMILES string of the molecule is CC(=O)OC1C#CCCCCC#C/C1=C/c1ccc2ccccc2c1. The second-order valence-electron chi connectivity index (χ2n) is 6.03. The number of benzene rings is 2. The number of rotatable bonds is 2. The zero-order chi connectivity index (χ0) is 17.5. The van der Waals surface area contributed by atoms with E-state index in [1.807, 2.05) is 24.3 Å². The van der Waals surface area contributed by atoms with E-state index in [-0.39, 0.29) is 5.97 Å². The van der Waals surface area contributed by atoms with Crippen LogP contribution >= 0.6 is 0 Å². The normalized spacial score (nSPS) is 18.6. The van der Waals surface area contributed by atoms with Crippen molar-refractivity contribution in [1.29, 1.82) is 0 Å². The van der Waals surface area contributed by atoms with Crippen molar-refractivity contribution in [2.75, 3.05) is 0 Å². The van der Waals surface area contributed by atoms with Crippen LogP contribution in [0.3, 0.4) is 0 Å². The van der Waals surface area contributed by atoms with Gasteiger partial charge in [0.15, 0.2) is 6.10 Å². The molecule has 0 saturated heterocycles. The van der Waals surface area contributed by atoms with E-state index in [1.165, 1.54) is 17.7 Å². The molecule has 0 heterocycles. The zero-order valence-electron chi connectivity index (χ0n) is 14.3. The van der Waals surface area contributed by atoms with Crippen LogP contribution in [-0.2, 0) is 9.53 Å². The molecule has 0 radical (unpaired) electrons. The molecule has 2 aromatic rings. The maximum atomic E-state index is 11.5. The summed E-state index contributed by atoms with van der Waals surface area (Å²) >= 11 is 0. The molecule has 1 atom stereocenters. The highest BCUT2D eigenvalue weighted by Gasteiger charge is 2.14. The van der Waals surface area contributed by atoms with E-state index in [0.717, 1.165) is 36.8 Å². The van der Waals surface area contributed by atoms with Crippen LogP contribution in [0.2, 0.25) is 0 Å². The molecule has 3 rings (SSSR count). The lowest BCUT2D eigenvalue weighted by Gasteiger charge is -2.12. The first-order valence-corrected chi connectivity index (χ1v) is 8.57. The van der Waals surface area contributed by atoms with Crippen LogP contribution in [0.15, 0.2) is 48.0 Å². The van der Waals surface area contributed by atoms with Crippen LogP contribution < -0.4 is 0 Å². The first-order chi connectivity index (χ1) is 12.2. The maximum absolute atomic E-state index is 11.5. The van der Waals surface area contributed by atoms with Gasteiger partial charge < -0.3 is 4.74 Å². The van der Waals surface area contributed by atoms with Crippen molar-refractivity contribution in [3.8, 4) is 23.7 Å². The predicted molar refractivity (Wildman–Crippen MR) is 101 cm³/mol. The quantitative estimate of drug-likeness (QED) is 0.588. The van der Waals surface area contributed by atoms with E-state index in [4.69, 9.17) is 4.74 Å². The number of ether oxygens (including phenoxy) is 1. The Labute approximate surface area is 148 Å². The smallest absolute Gasteiger partial charge is 0.304 e. The molecular weight excluding hydrogens is 308 g/mol. The summed E-state index contributed by atoms with van der Waals surface area (Å²) in [7, 11) is 0. The van der Waals surface area contributed by atoms with Crippen molar-refractivity contribution in [3.63, 3.8) is 0 Å². The number of carbonyl (C=O) groups excluding carboxylic acids is 1. The summed E-state index contributed by atoms with van der Waals surface area (Å²) in [5, 5.41) is 2.36. The van der Waals surface area contributed by atoms with Gasteiger partial charge in [0.1, 0.15) is 0 Å². The highest BCUT2D eigenvalue weighted by molar-refractivity contribution is 5.85. The average Bonchev–Trinajstić information content (AvgIpc) is 2.61. The second-order valence-corrected chi connectivity index (χ2v) is 6.03. The van der Waals surface area contributed by atoms with E-state index in [9.17, 15) is 4.79 Å². The minimum absolute atomic E-state index is 0.345. The Balaban J connectivity index is 2.01. The Morgan fingerprint density at radius 2 is 1.84 bits per heavy atom. The van der Waals surface area contributed by atoms with Gasteiger partial charge in [-0.1, -0.05) is 60.1 Å². The molecular formula is C23H20O2. The van der Waals surface area contributed by atoms with Crippen molar-refractivity contribution < 1.29 is 9.53 Å². The summed E-state index contributed by atoms with van der Waals surface area (Å²) in [5.41, 5.74) is 1.76. The fourth-order valence-corrected chi connectivity index (χ4v) is 2.75. The fraction of sp³-hybridized carbons (Fsp3) is 0.261. The number of fused-ring (bicyclic) bond motifs is 1. The summed E-state index contributed by atoms with van der Waals surface area (Å²) in [6, 6.07) is 14.5. The van der Waals surface area contributed by atoms with Crippen LogP contribution in [0.25, 0.3) is 16.8 Å². The minimum atomic E-state index is -0.602. The lowest BCUT2D eigenvalue weighted by molar-refractivity contribution is -0.142. The van der Waals surface area contributed by atoms with Crippen LogP contribution in [0.4, 0.5) is 0 Å². The van der Waals surface area contributed by atoms with Crippen molar-refractivity contribution in [3.05, 3.63) is 53.6 Å². The molecule has 0 aliphatic heterocycles. The molecule has 1 aliphatic carbocycles. The minimum Gasteiger partial charge on any atom is -0.444 e. The van der Waals surface area contributed by atoms with E-state index in [0.29, 0.717) is 0 Å². The van der Waals surface area contributed by atoms with E-state index in [1.54, 1.807) is 0 Å². The van der Waals surface area contributed by atoms with Crippen molar-refractivity contribution >= 4 is 22.8 Å². The van der Waals surface area contributed by atoms with Crippen LogP contribution in [0.5, 0.6) is 0 Å². The standard InChI is InChI=1S/C23H20O2/c1-18(24)25-23-13-7-5-3-2-4-6-12-22(23)17-19-14-15-20-10-8-9-11-21(20)16-19/h8-11,14-17,23H,2-5H2,1H3/b22-17-. The van der Waals surface area contributed by atoms with Crippen molar-refractivity contribution in [2.45, 2.75) is 38.7 Å². The summed E-state index contributed by atoms with van der Waals surface area (Å²) in [6.45, 7) is 1.40. The highest BCUT2D eigenvalue weighted by Crippen LogP contribution is 2.19. The molecule has 0 bridgehead atoms. The van der Waals surface area contributed by atoms with Gasteiger partial charge in [0, 0.05) is 19.8 Å². The molecule has 1 aliphatic rings. The topological polar surface area (TPSA) is 26.3 Å². The van der Waals surface area contributed by atoms with Gasteiger partial charge in [0.05, 0.1) is 5.57 Å². The Bertz CT molecular complexity index is 929. The number of carbonyl (C=O) groups is 1. The molecule has 0 saturated carbocycles. The Morgan fingerprint density at radius 3 is 2.64 bits per heavy atom. The number of hydrogen-bond donors (Lipinski definition) is 0. The average molecular weight is 328 g/mol. The zero-order valence-corrected chi connectivity index (χ0v) is 14.3. The summed E-state index contributed by atoms with van der Waals surface area (Å²) < 4.78 is 5.41. The largest absolute Gasteiger partial charge is 0.444 e. The third-order valence-electron chi connectivity index (χ3n) is 3.98. The maximum Gasteiger partial charge on any atom is 0.304 e. The van der Waals surface area contributed by atoms with Crippen LogP contribution in [0, 0.1) is 23.7 Å². The van der Waals surface area contributed by atoms with E-state index < -0.39 is 6.10 Å². The summed E-state index contributed by atoms with van der Waals surface area (Å²) in [4.78, 5) is 11.5. The predicted octanol–water partition coefficient (Wildman–Crippen LogP) is 4.74. The van der Waals surface area contributed by atoms with Gasteiger partial charge in [-0.3, -0.25) is 4.79 Å². The lowest BCUT2D eigenvalue weighted by Crippen LogP contribution is -2.16. The van der Waals surface area contributed by atoms with Gasteiger partial charge in [0.25, 0.3) is 0 Å². The lowest BCUT2D eigenvalue weighted by atomic mass is 10.0. The molecule has 1 unspecified atom stereocenters. The monoisotopic (exact) mass is 328 g/mol. The summed E-state index contributed by atoms with van der Waals surface area (Å²) in [6.07, 6.45) is 5.09. The third-order valence-corrected chi connectivity index (χ3v) is 3.98. The highest BCUT2D eigenvalue weighted by atomic mass is 16.5. The Kier molecular flexibility index (Phi) is 5.55. The Morgan fingerprint density at radius 1 is 1.08 bits per heavy atom. The second kappa shape index (κ2) is 8.22. The van der Waals surface area contributed by atoms with Crippen LogP contribution in [-0.4, -0.2) is 12.1 Å². The van der Waals surface area contributed by atoms with Crippen LogP contribution in [0.1, 0.15) is 38.2 Å². The molecule has 0 N–H and O–H groups in total. The fourth-order valence-electron chi connectivity index (χ4n) is 2.75. The molecule has 0 amide bonds. The van der Waals surface area contributed by atoms with Gasteiger partial charge >= 0.3 is 5.97 Å². The number of esters is 1. The molecule has 2 aromatic carbocycles. The van der Waals surface area contributed by atoms with E-state index >= 15 is 0 Å². The first-order valence-electron chi connectivity index (χ1n) is 8.57. The molecule has 0 aromatic heterocycles. The Hall–Kier alpha value is -2.97. The first kappa shape index (κ1) is 16.9. The van der Waals surface area contributed by atoms with Gasteiger partial charge in [-0.2, -0.15) is 0 Å². The van der Waals surface area contributed by atoms with Gasteiger partial charge in [-0.15, -0.1) is 0 Å². The van der Waals surface area contributed by atoms with Crippen molar-refractivity contribution in [1.82, 2.24) is 0 Å². The molecule has 2 nitrogen and oxygen atoms in total. The molecule has 124 valence electrons. The number of hydrogen-bond acceptors (Lipinski definition) is 2. The van der Waals surface area contributed by atoms with Gasteiger partial charge in [0.2, 0.25) is 0 Å². The van der Waals surface area contributed by atoms with Gasteiger partial charge in [-0.25, -0.2) is 0 Å². The van der Waals surface area contributed by atoms with E-state index in [2.05, 4.69) is 47.9 Å². The molecule has 2 heteroatoms. The van der Waals surface area contributed by atoms with Crippen molar-refractivity contribution in [2.24, 2.45) is 0 Å².